The van der Waals surface area contributed by atoms with Crippen molar-refractivity contribution in [2.75, 3.05) is 18.0 Å². The van der Waals surface area contributed by atoms with Crippen LogP contribution in [-0.2, 0) is 0 Å². The van der Waals surface area contributed by atoms with Crippen LogP contribution in [-0.4, -0.2) is 13.1 Å². The Morgan fingerprint density at radius 1 is 1.25 bits per heavy atom. The molecule has 1 nitrogen and oxygen atoms in total. The van der Waals surface area contributed by atoms with E-state index in [1.807, 2.05) is 12.1 Å². The smallest absolute Gasteiger partial charge is 0.146 e. The summed E-state index contributed by atoms with van der Waals surface area (Å²) in [6.45, 7) is 6.42. The normalized spacial score (nSPS) is 27.4. The number of benzene rings is 1. The Labute approximate surface area is 96.3 Å². The molecule has 2 unspecified atom stereocenters. The number of nitrogens with zero attached hydrogens (tertiary/aromatic N) is 1. The van der Waals surface area contributed by atoms with Gasteiger partial charge in [-0.25, -0.2) is 4.39 Å². The van der Waals surface area contributed by atoms with Gasteiger partial charge in [0, 0.05) is 13.1 Å². The van der Waals surface area contributed by atoms with Gasteiger partial charge in [-0.15, -0.1) is 0 Å². The molecule has 0 N–H and O–H groups in total. The fourth-order valence-electron chi connectivity index (χ4n) is 2.73. The van der Waals surface area contributed by atoms with Crippen LogP contribution in [0.4, 0.5) is 10.1 Å². The van der Waals surface area contributed by atoms with E-state index in [4.69, 9.17) is 0 Å². The van der Waals surface area contributed by atoms with Crippen LogP contribution in [0.15, 0.2) is 18.2 Å². The number of piperidine rings is 1. The Kier molecular flexibility index (Phi) is 2.20. The molecule has 0 bridgehead atoms. The average molecular weight is 219 g/mol. The van der Waals surface area contributed by atoms with Crippen molar-refractivity contribution in [3.8, 4) is 0 Å². The third kappa shape index (κ3) is 1.60. The van der Waals surface area contributed by atoms with Crippen LogP contribution in [0.25, 0.3) is 0 Å². The Bertz CT molecular complexity index is 403. The van der Waals surface area contributed by atoms with E-state index in [9.17, 15) is 4.39 Å². The molecular weight excluding hydrogens is 201 g/mol. The lowest BCUT2D eigenvalue weighted by molar-refractivity contribution is 0.617. The van der Waals surface area contributed by atoms with Crippen molar-refractivity contribution in [2.45, 2.75) is 26.2 Å². The van der Waals surface area contributed by atoms with Crippen molar-refractivity contribution in [1.29, 1.82) is 0 Å². The third-order valence-electron chi connectivity index (χ3n) is 3.96. The van der Waals surface area contributed by atoms with E-state index in [1.165, 1.54) is 12.0 Å². The monoisotopic (exact) mass is 219 g/mol. The second kappa shape index (κ2) is 3.47. The van der Waals surface area contributed by atoms with Crippen LogP contribution < -0.4 is 4.90 Å². The first-order chi connectivity index (χ1) is 7.65. The predicted molar refractivity (Wildman–Crippen MR) is 64.3 cm³/mol. The molecule has 16 heavy (non-hydrogen) atoms. The maximum absolute atomic E-state index is 13.8. The largest absolute Gasteiger partial charge is 0.369 e. The zero-order valence-electron chi connectivity index (χ0n) is 9.91. The maximum atomic E-state index is 13.8. The lowest BCUT2D eigenvalue weighted by Crippen LogP contribution is -2.23. The Morgan fingerprint density at radius 2 is 1.94 bits per heavy atom. The summed E-state index contributed by atoms with van der Waals surface area (Å²) in [6.07, 6.45) is 1.36. The van der Waals surface area contributed by atoms with Crippen molar-refractivity contribution < 1.29 is 4.39 Å². The lowest BCUT2D eigenvalue weighted by Gasteiger charge is -2.22. The summed E-state index contributed by atoms with van der Waals surface area (Å²) >= 11 is 0. The van der Waals surface area contributed by atoms with E-state index in [0.717, 1.165) is 30.6 Å². The van der Waals surface area contributed by atoms with Crippen molar-refractivity contribution in [3.05, 3.63) is 29.6 Å². The lowest BCUT2D eigenvalue weighted by atomic mass is 10.0. The van der Waals surface area contributed by atoms with Crippen molar-refractivity contribution in [3.63, 3.8) is 0 Å². The molecule has 86 valence electrons. The van der Waals surface area contributed by atoms with Gasteiger partial charge in [0.25, 0.3) is 0 Å². The summed E-state index contributed by atoms with van der Waals surface area (Å²) in [5.41, 5.74) is 2.05. The third-order valence-corrected chi connectivity index (χ3v) is 3.96. The van der Waals surface area contributed by atoms with Gasteiger partial charge in [0.1, 0.15) is 5.82 Å². The highest BCUT2D eigenvalue weighted by Crippen LogP contribution is 2.46. The number of hydrogen-bond acceptors (Lipinski definition) is 1. The number of halogens is 1. The molecule has 1 aromatic rings. The van der Waals surface area contributed by atoms with Crippen LogP contribution in [0.3, 0.4) is 0 Å². The highest BCUT2D eigenvalue weighted by molar-refractivity contribution is 5.52. The van der Waals surface area contributed by atoms with Gasteiger partial charge in [0.15, 0.2) is 0 Å². The summed E-state index contributed by atoms with van der Waals surface area (Å²) in [4.78, 5) is 2.22. The van der Waals surface area contributed by atoms with E-state index in [0.29, 0.717) is 5.92 Å². The molecule has 1 heterocycles. The van der Waals surface area contributed by atoms with E-state index < -0.39 is 0 Å². The molecular formula is C14H18FN. The topological polar surface area (TPSA) is 3.24 Å². The molecule has 3 rings (SSSR count). The second-order valence-corrected chi connectivity index (χ2v) is 5.53. The predicted octanol–water partition coefficient (Wildman–Crippen LogP) is 3.41. The molecule has 2 atom stereocenters. The van der Waals surface area contributed by atoms with Gasteiger partial charge in [0.05, 0.1) is 5.69 Å². The van der Waals surface area contributed by atoms with E-state index in [2.05, 4.69) is 18.7 Å². The SMILES string of the molecule is CC(C)c1ccc(F)c(N2CC3CC3C2)c1. The molecule has 1 aliphatic heterocycles. The maximum Gasteiger partial charge on any atom is 0.146 e. The zero-order valence-corrected chi connectivity index (χ0v) is 9.91. The van der Waals surface area contributed by atoms with Crippen LogP contribution in [0, 0.1) is 17.7 Å². The van der Waals surface area contributed by atoms with E-state index in [-0.39, 0.29) is 5.82 Å². The quantitative estimate of drug-likeness (QED) is 0.736. The minimum Gasteiger partial charge on any atom is -0.369 e. The number of fused-ring (bicyclic) bond motifs is 1. The Balaban J connectivity index is 1.89. The summed E-state index contributed by atoms with van der Waals surface area (Å²) in [6, 6.07) is 5.56. The molecule has 1 aromatic carbocycles. The zero-order chi connectivity index (χ0) is 11.3. The number of hydrogen-bond donors (Lipinski definition) is 0. The van der Waals surface area contributed by atoms with Crippen molar-refractivity contribution in [1.82, 2.24) is 0 Å². The van der Waals surface area contributed by atoms with Crippen LogP contribution >= 0.6 is 0 Å². The molecule has 2 fully saturated rings. The van der Waals surface area contributed by atoms with Gasteiger partial charge in [0.2, 0.25) is 0 Å². The highest BCUT2D eigenvalue weighted by atomic mass is 19.1. The minimum atomic E-state index is -0.0642. The number of rotatable bonds is 2. The molecule has 1 aliphatic carbocycles. The van der Waals surface area contributed by atoms with Crippen LogP contribution in [0.1, 0.15) is 31.7 Å². The van der Waals surface area contributed by atoms with Gasteiger partial charge < -0.3 is 4.90 Å². The first-order valence-electron chi connectivity index (χ1n) is 6.19. The van der Waals surface area contributed by atoms with E-state index in [1.54, 1.807) is 6.07 Å². The Morgan fingerprint density at radius 3 is 2.56 bits per heavy atom. The molecule has 1 saturated carbocycles. The molecule has 1 saturated heterocycles. The summed E-state index contributed by atoms with van der Waals surface area (Å²) in [5, 5.41) is 0. The second-order valence-electron chi connectivity index (χ2n) is 5.53. The molecule has 2 aliphatic rings. The summed E-state index contributed by atoms with van der Waals surface area (Å²) in [5.74, 6) is 2.10. The first-order valence-corrected chi connectivity index (χ1v) is 6.19. The molecule has 0 spiro atoms. The number of anilines is 1. The fourth-order valence-corrected chi connectivity index (χ4v) is 2.73. The van der Waals surface area contributed by atoms with Crippen LogP contribution in [0.2, 0.25) is 0 Å². The van der Waals surface area contributed by atoms with E-state index >= 15 is 0 Å². The van der Waals surface area contributed by atoms with Gasteiger partial charge in [-0.3, -0.25) is 0 Å². The van der Waals surface area contributed by atoms with Crippen molar-refractivity contribution in [2.24, 2.45) is 11.8 Å². The van der Waals surface area contributed by atoms with Gasteiger partial charge in [-0.1, -0.05) is 19.9 Å². The first kappa shape index (κ1) is 10.1. The van der Waals surface area contributed by atoms with Crippen LogP contribution in [0.5, 0.6) is 0 Å². The van der Waals surface area contributed by atoms with Crippen molar-refractivity contribution >= 4 is 5.69 Å². The van der Waals surface area contributed by atoms with Gasteiger partial charge >= 0.3 is 0 Å². The molecule has 0 aromatic heterocycles. The van der Waals surface area contributed by atoms with Gasteiger partial charge in [-0.2, -0.15) is 0 Å². The molecule has 2 heteroatoms. The summed E-state index contributed by atoms with van der Waals surface area (Å²) in [7, 11) is 0. The average Bonchev–Trinajstić information content (AvgIpc) is 2.86. The highest BCUT2D eigenvalue weighted by Gasteiger charge is 2.45. The minimum absolute atomic E-state index is 0.0642. The standard InChI is InChI=1S/C14H18FN/c1-9(2)10-3-4-13(15)14(6-10)16-7-11-5-12(11)8-16/h3-4,6,9,11-12H,5,7-8H2,1-2H3. The van der Waals surface area contributed by atoms with Gasteiger partial charge in [-0.05, 0) is 41.9 Å². The summed E-state index contributed by atoms with van der Waals surface area (Å²) < 4.78 is 13.8. The molecule has 0 amide bonds. The fraction of sp³-hybridized carbons (Fsp3) is 0.571. The Hall–Kier alpha value is -1.05. The molecule has 0 radical (unpaired) electrons.